The van der Waals surface area contributed by atoms with Crippen molar-refractivity contribution in [3.63, 3.8) is 0 Å². The van der Waals surface area contributed by atoms with Gasteiger partial charge in [0.05, 0.1) is 6.33 Å². The molecule has 1 fully saturated rings. The molecule has 3 aromatic rings. The van der Waals surface area contributed by atoms with Gasteiger partial charge in [-0.2, -0.15) is 5.10 Å². The van der Waals surface area contributed by atoms with Gasteiger partial charge in [-0.05, 0) is 31.9 Å². The van der Waals surface area contributed by atoms with Crippen molar-refractivity contribution in [2.24, 2.45) is 0 Å². The summed E-state index contributed by atoms with van der Waals surface area (Å²) in [5.41, 5.74) is 0.955. The monoisotopic (exact) mass is 282 g/mol. The largest absolute Gasteiger partial charge is 0.332 e. The van der Waals surface area contributed by atoms with Gasteiger partial charge in [0.25, 0.3) is 0 Å². The van der Waals surface area contributed by atoms with E-state index in [1.807, 2.05) is 36.1 Å². The fourth-order valence-electron chi connectivity index (χ4n) is 3.06. The summed E-state index contributed by atoms with van der Waals surface area (Å²) < 4.78 is 4.05. The molecule has 0 atom stereocenters. The molecule has 6 heteroatoms. The highest BCUT2D eigenvalue weighted by molar-refractivity contribution is 5.71. The number of hydrogen-bond acceptors (Lipinski definition) is 4. The van der Waals surface area contributed by atoms with Gasteiger partial charge >= 0.3 is 0 Å². The topological polar surface area (TPSA) is 60.0 Å². The maximum Gasteiger partial charge on any atom is 0.159 e. The van der Waals surface area contributed by atoms with Crippen molar-refractivity contribution >= 4 is 17.2 Å². The van der Waals surface area contributed by atoms with E-state index in [9.17, 15) is 0 Å². The number of hydrogen-bond donors (Lipinski definition) is 1. The molecule has 1 saturated carbocycles. The van der Waals surface area contributed by atoms with Crippen LogP contribution in [0.2, 0.25) is 0 Å². The van der Waals surface area contributed by atoms with Crippen LogP contribution in [-0.4, -0.2) is 24.1 Å². The van der Waals surface area contributed by atoms with Crippen LogP contribution < -0.4 is 5.32 Å². The van der Waals surface area contributed by atoms with Gasteiger partial charge in [0.2, 0.25) is 0 Å². The van der Waals surface area contributed by atoms with Crippen LogP contribution in [0.15, 0.2) is 30.9 Å². The van der Waals surface area contributed by atoms with Crippen LogP contribution in [0, 0.1) is 6.92 Å². The number of imidazole rings is 1. The Morgan fingerprint density at radius 2 is 2.14 bits per heavy atom. The molecule has 1 aliphatic carbocycles. The average Bonchev–Trinajstić information content (AvgIpc) is 3.19. The minimum absolute atomic E-state index is 0.605. The summed E-state index contributed by atoms with van der Waals surface area (Å²) >= 11 is 0. The highest BCUT2D eigenvalue weighted by atomic mass is 15.3. The Kier molecular flexibility index (Phi) is 2.87. The molecule has 0 amide bonds. The van der Waals surface area contributed by atoms with Crippen molar-refractivity contribution in [3.8, 4) is 0 Å². The van der Waals surface area contributed by atoms with Crippen molar-refractivity contribution in [2.75, 3.05) is 5.32 Å². The van der Waals surface area contributed by atoms with Crippen LogP contribution in [0.3, 0.4) is 0 Å². The molecule has 6 nitrogen and oxygen atoms in total. The van der Waals surface area contributed by atoms with E-state index in [1.54, 1.807) is 0 Å². The second kappa shape index (κ2) is 4.87. The second-order valence-electron chi connectivity index (χ2n) is 5.62. The number of anilines is 2. The normalized spacial score (nSPS) is 15.9. The van der Waals surface area contributed by atoms with E-state index in [1.165, 1.54) is 25.7 Å². The summed E-state index contributed by atoms with van der Waals surface area (Å²) in [6.07, 6.45) is 11.1. The van der Waals surface area contributed by atoms with Gasteiger partial charge in [-0.25, -0.2) is 14.5 Å². The van der Waals surface area contributed by atoms with E-state index < -0.39 is 0 Å². The minimum Gasteiger partial charge on any atom is -0.332 e. The summed E-state index contributed by atoms with van der Waals surface area (Å²) in [6, 6.07) is 4.56. The SMILES string of the molecule is Cc1nc(Nc2cn(C3CCCC3)cn2)c2cccn2n1. The van der Waals surface area contributed by atoms with E-state index in [2.05, 4.69) is 31.1 Å². The molecular weight excluding hydrogens is 264 g/mol. The summed E-state index contributed by atoms with van der Waals surface area (Å²) in [6.45, 7) is 1.89. The molecule has 3 heterocycles. The molecule has 3 aromatic heterocycles. The van der Waals surface area contributed by atoms with Crippen LogP contribution in [-0.2, 0) is 0 Å². The van der Waals surface area contributed by atoms with Gasteiger partial charge in [0, 0.05) is 18.4 Å². The van der Waals surface area contributed by atoms with E-state index in [4.69, 9.17) is 0 Å². The highest BCUT2D eigenvalue weighted by Gasteiger charge is 2.17. The number of aryl methyl sites for hydroxylation is 1. The fraction of sp³-hybridized carbons (Fsp3) is 0.400. The Balaban J connectivity index is 1.63. The third-order valence-corrected chi connectivity index (χ3v) is 4.09. The lowest BCUT2D eigenvalue weighted by Crippen LogP contribution is -2.03. The van der Waals surface area contributed by atoms with Crippen LogP contribution in [0.5, 0.6) is 0 Å². The third-order valence-electron chi connectivity index (χ3n) is 4.09. The van der Waals surface area contributed by atoms with Crippen molar-refractivity contribution in [3.05, 3.63) is 36.7 Å². The summed E-state index contributed by atoms with van der Waals surface area (Å²) in [4.78, 5) is 8.94. The first-order valence-corrected chi connectivity index (χ1v) is 7.42. The number of aromatic nitrogens is 5. The average molecular weight is 282 g/mol. The molecule has 1 aliphatic rings. The molecule has 4 rings (SSSR count). The van der Waals surface area contributed by atoms with Crippen molar-refractivity contribution in [1.82, 2.24) is 24.1 Å². The van der Waals surface area contributed by atoms with Gasteiger partial charge in [-0.15, -0.1) is 0 Å². The van der Waals surface area contributed by atoms with E-state index in [0.29, 0.717) is 6.04 Å². The van der Waals surface area contributed by atoms with Crippen LogP contribution in [0.1, 0.15) is 37.5 Å². The predicted molar refractivity (Wildman–Crippen MR) is 80.7 cm³/mol. The number of rotatable bonds is 3. The zero-order valence-electron chi connectivity index (χ0n) is 12.0. The summed E-state index contributed by atoms with van der Waals surface area (Å²) in [7, 11) is 0. The Morgan fingerprint density at radius 1 is 1.29 bits per heavy atom. The summed E-state index contributed by atoms with van der Waals surface area (Å²) in [5.74, 6) is 2.36. The lowest BCUT2D eigenvalue weighted by atomic mass is 10.2. The Morgan fingerprint density at radius 3 is 3.00 bits per heavy atom. The van der Waals surface area contributed by atoms with Crippen molar-refractivity contribution in [1.29, 1.82) is 0 Å². The smallest absolute Gasteiger partial charge is 0.159 e. The first-order chi connectivity index (χ1) is 10.3. The highest BCUT2D eigenvalue weighted by Crippen LogP contribution is 2.30. The standard InChI is InChI=1S/C15H18N6/c1-11-17-15(13-7-4-8-21(13)19-11)18-14-9-20(10-16-14)12-5-2-3-6-12/h4,7-10,12H,2-3,5-6H2,1H3,(H,17,18,19). The van der Waals surface area contributed by atoms with Crippen LogP contribution >= 0.6 is 0 Å². The quantitative estimate of drug-likeness (QED) is 0.802. The van der Waals surface area contributed by atoms with Crippen LogP contribution in [0.25, 0.3) is 5.52 Å². The van der Waals surface area contributed by atoms with Gasteiger partial charge in [0.15, 0.2) is 5.82 Å². The first kappa shape index (κ1) is 12.4. The predicted octanol–water partition coefficient (Wildman–Crippen LogP) is 3.09. The van der Waals surface area contributed by atoms with Gasteiger partial charge in [-0.1, -0.05) is 12.8 Å². The van der Waals surface area contributed by atoms with Crippen LogP contribution in [0.4, 0.5) is 11.6 Å². The van der Waals surface area contributed by atoms with E-state index in [-0.39, 0.29) is 0 Å². The lowest BCUT2D eigenvalue weighted by Gasteiger charge is -2.09. The molecule has 0 spiro atoms. The minimum atomic E-state index is 0.605. The zero-order chi connectivity index (χ0) is 14.2. The lowest BCUT2D eigenvalue weighted by molar-refractivity contribution is 0.518. The molecular formula is C15H18N6. The maximum absolute atomic E-state index is 4.48. The molecule has 0 saturated heterocycles. The van der Waals surface area contributed by atoms with Gasteiger partial charge in [-0.3, -0.25) is 0 Å². The molecule has 108 valence electrons. The van der Waals surface area contributed by atoms with E-state index in [0.717, 1.165) is 23.0 Å². The van der Waals surface area contributed by atoms with Crippen molar-refractivity contribution < 1.29 is 0 Å². The van der Waals surface area contributed by atoms with Crippen molar-refractivity contribution in [2.45, 2.75) is 38.6 Å². The number of nitrogens with zero attached hydrogens (tertiary/aromatic N) is 5. The Hall–Kier alpha value is -2.37. The van der Waals surface area contributed by atoms with Gasteiger partial charge < -0.3 is 9.88 Å². The molecule has 0 aromatic carbocycles. The number of nitrogens with one attached hydrogen (secondary N) is 1. The Bertz CT molecular complexity index is 765. The summed E-state index contributed by atoms with van der Waals surface area (Å²) in [5, 5.41) is 7.66. The maximum atomic E-state index is 4.48. The molecule has 0 radical (unpaired) electrons. The molecule has 0 bridgehead atoms. The fourth-order valence-corrected chi connectivity index (χ4v) is 3.06. The molecule has 1 N–H and O–H groups in total. The molecule has 0 unspecified atom stereocenters. The van der Waals surface area contributed by atoms with E-state index >= 15 is 0 Å². The Labute approximate surface area is 122 Å². The zero-order valence-corrected chi connectivity index (χ0v) is 12.0. The number of fused-ring (bicyclic) bond motifs is 1. The third kappa shape index (κ3) is 2.26. The van der Waals surface area contributed by atoms with Gasteiger partial charge in [0.1, 0.15) is 17.2 Å². The first-order valence-electron chi connectivity index (χ1n) is 7.42. The molecule has 21 heavy (non-hydrogen) atoms. The molecule has 0 aliphatic heterocycles. The second-order valence-corrected chi connectivity index (χ2v) is 5.62.